The molecule has 0 aliphatic heterocycles. The number of halogens is 1. The number of nitrogens with one attached hydrogen (secondary N) is 1. The molecule has 0 fully saturated rings. The predicted molar refractivity (Wildman–Crippen MR) is 105 cm³/mol. The molecule has 126 valence electrons. The maximum absolute atomic E-state index is 4.66. The van der Waals surface area contributed by atoms with E-state index in [9.17, 15) is 0 Å². The van der Waals surface area contributed by atoms with Crippen molar-refractivity contribution in [3.8, 4) is 0 Å². The van der Waals surface area contributed by atoms with Crippen LogP contribution in [0.25, 0.3) is 0 Å². The van der Waals surface area contributed by atoms with Gasteiger partial charge in [-0.1, -0.05) is 12.5 Å². The number of allylic oxidation sites excluding steroid dienone is 1. The van der Waals surface area contributed by atoms with Gasteiger partial charge in [0.25, 0.3) is 0 Å². The molecule has 0 saturated heterocycles. The molecule has 0 unspecified atom stereocenters. The molecule has 6 heteroatoms. The quantitative estimate of drug-likeness (QED) is 0.208. The third-order valence-electron chi connectivity index (χ3n) is 3.25. The van der Waals surface area contributed by atoms with Gasteiger partial charge >= 0.3 is 0 Å². The van der Waals surface area contributed by atoms with Gasteiger partial charge in [-0.15, -0.1) is 30.6 Å². The summed E-state index contributed by atoms with van der Waals surface area (Å²) >= 11 is 0. The number of aliphatic imine (C=N–C) groups is 1. The standard InChI is InChI=1S/C16H29N5.HI/c1-4-6-7-8-9-13-20(3)16(17-5-2)18-12-15-21-14-10-11-19-21;/h4,10-11,14H,1,5-9,12-13,15H2,2-3H3,(H,17,18);1H. The highest BCUT2D eigenvalue weighted by atomic mass is 127. The van der Waals surface area contributed by atoms with Crippen LogP contribution in [0.15, 0.2) is 36.1 Å². The Morgan fingerprint density at radius 3 is 2.86 bits per heavy atom. The number of rotatable bonds is 10. The van der Waals surface area contributed by atoms with Crippen molar-refractivity contribution in [3.63, 3.8) is 0 Å². The van der Waals surface area contributed by atoms with Gasteiger partial charge in [0.15, 0.2) is 5.96 Å². The molecule has 0 radical (unpaired) electrons. The van der Waals surface area contributed by atoms with Crippen LogP contribution in [0, 0.1) is 0 Å². The van der Waals surface area contributed by atoms with Crippen molar-refractivity contribution < 1.29 is 0 Å². The monoisotopic (exact) mass is 419 g/mol. The van der Waals surface area contributed by atoms with Crippen LogP contribution in [0.1, 0.15) is 32.6 Å². The maximum Gasteiger partial charge on any atom is 0.193 e. The summed E-state index contributed by atoms with van der Waals surface area (Å²) in [5.74, 6) is 0.980. The molecule has 5 nitrogen and oxygen atoms in total. The molecule has 1 N–H and O–H groups in total. The van der Waals surface area contributed by atoms with E-state index in [2.05, 4.69) is 40.9 Å². The van der Waals surface area contributed by atoms with Crippen molar-refractivity contribution in [3.05, 3.63) is 31.1 Å². The molecule has 0 spiro atoms. The summed E-state index contributed by atoms with van der Waals surface area (Å²) in [5, 5.41) is 7.53. The first-order valence-corrected chi connectivity index (χ1v) is 7.85. The van der Waals surface area contributed by atoms with Crippen molar-refractivity contribution in [2.24, 2.45) is 4.99 Å². The lowest BCUT2D eigenvalue weighted by molar-refractivity contribution is 0.454. The number of aromatic nitrogens is 2. The van der Waals surface area contributed by atoms with Crippen molar-refractivity contribution in [2.45, 2.75) is 39.2 Å². The molecule has 0 aromatic carbocycles. The molecule has 0 amide bonds. The van der Waals surface area contributed by atoms with Crippen molar-refractivity contribution in [1.29, 1.82) is 0 Å². The van der Waals surface area contributed by atoms with Gasteiger partial charge in [-0.05, 0) is 32.3 Å². The average Bonchev–Trinajstić information content (AvgIpc) is 2.99. The van der Waals surface area contributed by atoms with Gasteiger partial charge < -0.3 is 10.2 Å². The predicted octanol–water partition coefficient (Wildman–Crippen LogP) is 3.14. The van der Waals surface area contributed by atoms with E-state index in [0.717, 1.165) is 38.6 Å². The van der Waals surface area contributed by atoms with E-state index in [-0.39, 0.29) is 24.0 Å². The summed E-state index contributed by atoms with van der Waals surface area (Å²) in [6.07, 6.45) is 10.5. The Morgan fingerprint density at radius 1 is 1.41 bits per heavy atom. The summed E-state index contributed by atoms with van der Waals surface area (Å²) in [7, 11) is 2.10. The zero-order valence-electron chi connectivity index (χ0n) is 13.9. The molecule has 0 bridgehead atoms. The van der Waals surface area contributed by atoms with E-state index in [1.807, 2.05) is 23.0 Å². The van der Waals surface area contributed by atoms with Gasteiger partial charge in [-0.2, -0.15) is 5.10 Å². The first-order chi connectivity index (χ1) is 10.3. The molecule has 0 aliphatic carbocycles. The normalized spacial score (nSPS) is 10.9. The Kier molecular flexibility index (Phi) is 13.0. The molecular weight excluding hydrogens is 389 g/mol. The largest absolute Gasteiger partial charge is 0.357 e. The SMILES string of the molecule is C=CCCCCCN(C)C(=NCCn1cccn1)NCC.I. The molecule has 0 atom stereocenters. The second kappa shape index (κ2) is 13.6. The molecular formula is C16H30IN5. The lowest BCUT2D eigenvalue weighted by atomic mass is 10.2. The van der Waals surface area contributed by atoms with Gasteiger partial charge in [0, 0.05) is 32.5 Å². The van der Waals surface area contributed by atoms with Crippen molar-refractivity contribution in [1.82, 2.24) is 20.0 Å². The Bertz CT molecular complexity index is 403. The fraction of sp³-hybridized carbons (Fsp3) is 0.625. The van der Waals surface area contributed by atoms with Crippen LogP contribution in [0.5, 0.6) is 0 Å². The van der Waals surface area contributed by atoms with Crippen LogP contribution in [0.4, 0.5) is 0 Å². The van der Waals surface area contributed by atoms with Crippen LogP contribution in [-0.4, -0.2) is 47.3 Å². The fourth-order valence-corrected chi connectivity index (χ4v) is 2.08. The first-order valence-electron chi connectivity index (χ1n) is 7.85. The lowest BCUT2D eigenvalue weighted by Gasteiger charge is -2.22. The molecule has 1 aromatic heterocycles. The van der Waals surface area contributed by atoms with Crippen LogP contribution in [-0.2, 0) is 6.54 Å². The Labute approximate surface area is 151 Å². The van der Waals surface area contributed by atoms with Crippen molar-refractivity contribution >= 4 is 29.9 Å². The zero-order chi connectivity index (χ0) is 15.3. The molecule has 1 rings (SSSR count). The Morgan fingerprint density at radius 2 is 2.23 bits per heavy atom. The highest BCUT2D eigenvalue weighted by Gasteiger charge is 2.04. The summed E-state index contributed by atoms with van der Waals surface area (Å²) in [4.78, 5) is 6.87. The van der Waals surface area contributed by atoms with Crippen LogP contribution < -0.4 is 5.32 Å². The fourth-order valence-electron chi connectivity index (χ4n) is 2.08. The summed E-state index contributed by atoms with van der Waals surface area (Å²) in [6, 6.07) is 1.93. The van der Waals surface area contributed by atoms with E-state index >= 15 is 0 Å². The summed E-state index contributed by atoms with van der Waals surface area (Å²) in [5.41, 5.74) is 0. The van der Waals surface area contributed by atoms with Crippen LogP contribution in [0.3, 0.4) is 0 Å². The lowest BCUT2D eigenvalue weighted by Crippen LogP contribution is -2.39. The van der Waals surface area contributed by atoms with Gasteiger partial charge in [-0.3, -0.25) is 9.67 Å². The van der Waals surface area contributed by atoms with Gasteiger partial charge in [0.2, 0.25) is 0 Å². The van der Waals surface area contributed by atoms with E-state index in [0.29, 0.717) is 0 Å². The van der Waals surface area contributed by atoms with Crippen molar-refractivity contribution in [2.75, 3.05) is 26.7 Å². The minimum absolute atomic E-state index is 0. The number of unbranched alkanes of at least 4 members (excludes halogenated alkanes) is 3. The Hall–Kier alpha value is -1.05. The molecule has 22 heavy (non-hydrogen) atoms. The van der Waals surface area contributed by atoms with Gasteiger partial charge in [0.05, 0.1) is 13.1 Å². The third-order valence-corrected chi connectivity index (χ3v) is 3.25. The smallest absolute Gasteiger partial charge is 0.193 e. The molecule has 0 aliphatic rings. The third kappa shape index (κ3) is 9.07. The molecule has 1 aromatic rings. The highest BCUT2D eigenvalue weighted by Crippen LogP contribution is 2.01. The summed E-state index contributed by atoms with van der Waals surface area (Å²) < 4.78 is 1.91. The van der Waals surface area contributed by atoms with Crippen LogP contribution in [0.2, 0.25) is 0 Å². The Balaban J connectivity index is 0.00000441. The minimum atomic E-state index is 0. The molecule has 0 saturated carbocycles. The maximum atomic E-state index is 4.66. The zero-order valence-corrected chi connectivity index (χ0v) is 16.2. The average molecular weight is 419 g/mol. The van der Waals surface area contributed by atoms with E-state index in [4.69, 9.17) is 0 Å². The molecule has 1 heterocycles. The summed E-state index contributed by atoms with van der Waals surface area (Å²) in [6.45, 7) is 9.33. The second-order valence-electron chi connectivity index (χ2n) is 5.06. The van der Waals surface area contributed by atoms with E-state index in [1.54, 1.807) is 6.20 Å². The minimum Gasteiger partial charge on any atom is -0.357 e. The topological polar surface area (TPSA) is 45.5 Å². The number of hydrogen-bond donors (Lipinski definition) is 1. The van der Waals surface area contributed by atoms with Gasteiger partial charge in [-0.25, -0.2) is 0 Å². The van der Waals surface area contributed by atoms with Gasteiger partial charge in [0.1, 0.15) is 0 Å². The van der Waals surface area contributed by atoms with E-state index in [1.165, 1.54) is 19.3 Å². The number of hydrogen-bond acceptors (Lipinski definition) is 2. The first kappa shape index (κ1) is 20.9. The number of guanidine groups is 1. The highest BCUT2D eigenvalue weighted by molar-refractivity contribution is 14.0. The second-order valence-corrected chi connectivity index (χ2v) is 5.06. The van der Waals surface area contributed by atoms with Crippen LogP contribution >= 0.6 is 24.0 Å². The number of nitrogens with zero attached hydrogens (tertiary/aromatic N) is 4. The van der Waals surface area contributed by atoms with E-state index < -0.39 is 0 Å².